The summed E-state index contributed by atoms with van der Waals surface area (Å²) in [7, 11) is 0. The fraction of sp³-hybridized carbons (Fsp3) is 0.450. The fourth-order valence-corrected chi connectivity index (χ4v) is 4.33. The van der Waals surface area contributed by atoms with Gasteiger partial charge in [0.05, 0.1) is 11.6 Å². The van der Waals surface area contributed by atoms with E-state index in [-0.39, 0.29) is 6.04 Å². The molecule has 5 rings (SSSR count). The summed E-state index contributed by atoms with van der Waals surface area (Å²) in [5, 5.41) is 12.2. The van der Waals surface area contributed by atoms with Crippen LogP contribution in [-0.2, 0) is 0 Å². The zero-order chi connectivity index (χ0) is 16.0. The summed E-state index contributed by atoms with van der Waals surface area (Å²) in [4.78, 5) is 6.82. The number of rotatable bonds is 2. The van der Waals surface area contributed by atoms with Crippen molar-refractivity contribution in [3.8, 4) is 12.3 Å². The van der Waals surface area contributed by atoms with Gasteiger partial charge in [-0.2, -0.15) is 0 Å². The van der Waals surface area contributed by atoms with Gasteiger partial charge in [0, 0.05) is 30.1 Å². The molecule has 5 unspecified atom stereocenters. The molecule has 3 heteroatoms. The van der Waals surface area contributed by atoms with Crippen LogP contribution in [0.5, 0.6) is 0 Å². The first-order valence-corrected chi connectivity index (χ1v) is 8.41. The number of aryl methyl sites for hydroxylation is 1. The van der Waals surface area contributed by atoms with E-state index in [1.165, 1.54) is 5.56 Å². The number of terminal acetylenes is 1. The molecule has 0 amide bonds. The third kappa shape index (κ3) is 2.43. The van der Waals surface area contributed by atoms with Crippen molar-refractivity contribution in [3.05, 3.63) is 41.6 Å². The van der Waals surface area contributed by atoms with Crippen molar-refractivity contribution < 1.29 is 5.11 Å². The molecule has 1 N–H and O–H groups in total. The summed E-state index contributed by atoms with van der Waals surface area (Å²) in [6.07, 6.45) is 9.14. The number of hydrogen-bond donors (Lipinski definition) is 1. The van der Waals surface area contributed by atoms with Crippen LogP contribution < -0.4 is 0 Å². The Morgan fingerprint density at radius 1 is 1.39 bits per heavy atom. The van der Waals surface area contributed by atoms with E-state index in [2.05, 4.69) is 34.9 Å². The van der Waals surface area contributed by atoms with Crippen molar-refractivity contribution in [2.45, 2.75) is 31.9 Å². The Kier molecular flexibility index (Phi) is 3.60. The van der Waals surface area contributed by atoms with Gasteiger partial charge in [0.2, 0.25) is 0 Å². The molecule has 118 valence electrons. The Labute approximate surface area is 137 Å². The number of aromatic nitrogens is 1. The molecule has 4 heterocycles. The Morgan fingerprint density at radius 2 is 2.26 bits per heavy atom. The van der Waals surface area contributed by atoms with Crippen molar-refractivity contribution in [2.75, 3.05) is 13.1 Å². The average molecular weight is 306 g/mol. The van der Waals surface area contributed by atoms with Crippen molar-refractivity contribution >= 4 is 10.9 Å². The van der Waals surface area contributed by atoms with E-state index in [1.807, 2.05) is 12.1 Å². The van der Waals surface area contributed by atoms with Gasteiger partial charge in [-0.25, -0.2) is 0 Å². The number of nitrogens with zero attached hydrogens (tertiary/aromatic N) is 2. The van der Waals surface area contributed by atoms with E-state index in [0.29, 0.717) is 11.8 Å². The lowest BCUT2D eigenvalue weighted by Crippen LogP contribution is -2.55. The molecule has 0 aliphatic carbocycles. The van der Waals surface area contributed by atoms with E-state index >= 15 is 0 Å². The van der Waals surface area contributed by atoms with Crippen LogP contribution >= 0.6 is 0 Å². The van der Waals surface area contributed by atoms with Gasteiger partial charge in [-0.05, 0) is 56.0 Å². The lowest BCUT2D eigenvalue weighted by atomic mass is 9.74. The maximum atomic E-state index is 11.1. The SMILES string of the molecule is C#CC1CN2CCC1CC2C(O)c1ccnc2ccc(C)cc12. The molecule has 3 nitrogen and oxygen atoms in total. The molecule has 23 heavy (non-hydrogen) atoms. The highest BCUT2D eigenvalue weighted by atomic mass is 16.3. The van der Waals surface area contributed by atoms with E-state index in [1.54, 1.807) is 6.20 Å². The molecule has 5 atom stereocenters. The summed E-state index contributed by atoms with van der Waals surface area (Å²) in [6.45, 7) is 4.05. The number of aliphatic hydroxyl groups excluding tert-OH is 1. The number of fused-ring (bicyclic) bond motifs is 4. The first kappa shape index (κ1) is 14.7. The minimum absolute atomic E-state index is 0.171. The predicted octanol–water partition coefficient (Wildman–Crippen LogP) is 2.92. The van der Waals surface area contributed by atoms with Crippen molar-refractivity contribution in [3.63, 3.8) is 0 Å². The number of aliphatic hydroxyl groups is 1. The minimum atomic E-state index is -0.483. The summed E-state index contributed by atoms with van der Waals surface area (Å²) in [5.74, 6) is 3.84. The third-order valence-corrected chi connectivity index (χ3v) is 5.63. The zero-order valence-electron chi connectivity index (χ0n) is 13.4. The topological polar surface area (TPSA) is 36.4 Å². The molecule has 1 aromatic carbocycles. The van der Waals surface area contributed by atoms with E-state index in [9.17, 15) is 5.11 Å². The largest absolute Gasteiger partial charge is 0.387 e. The molecule has 3 fully saturated rings. The van der Waals surface area contributed by atoms with Gasteiger partial charge in [-0.1, -0.05) is 11.6 Å². The molecular weight excluding hydrogens is 284 g/mol. The van der Waals surface area contributed by atoms with Gasteiger partial charge in [0.25, 0.3) is 0 Å². The minimum Gasteiger partial charge on any atom is -0.387 e. The first-order valence-electron chi connectivity index (χ1n) is 8.41. The monoisotopic (exact) mass is 306 g/mol. The van der Waals surface area contributed by atoms with Crippen LogP contribution in [0, 0.1) is 31.1 Å². The predicted molar refractivity (Wildman–Crippen MR) is 91.8 cm³/mol. The quantitative estimate of drug-likeness (QED) is 0.867. The number of hydrogen-bond acceptors (Lipinski definition) is 3. The Balaban J connectivity index is 1.69. The van der Waals surface area contributed by atoms with Gasteiger partial charge in [0.15, 0.2) is 0 Å². The Morgan fingerprint density at radius 3 is 3.00 bits per heavy atom. The molecule has 3 aliphatic heterocycles. The van der Waals surface area contributed by atoms with Crippen LogP contribution in [0.15, 0.2) is 30.5 Å². The smallest absolute Gasteiger partial charge is 0.0952 e. The molecule has 1 aromatic heterocycles. The van der Waals surface area contributed by atoms with E-state index in [4.69, 9.17) is 6.42 Å². The fourth-order valence-electron chi connectivity index (χ4n) is 4.33. The van der Waals surface area contributed by atoms with Gasteiger partial charge < -0.3 is 5.11 Å². The molecule has 2 aromatic rings. The highest BCUT2D eigenvalue weighted by molar-refractivity contribution is 5.83. The molecule has 2 bridgehead atoms. The van der Waals surface area contributed by atoms with Crippen LogP contribution in [0.25, 0.3) is 10.9 Å². The highest BCUT2D eigenvalue weighted by Gasteiger charge is 2.42. The number of benzene rings is 1. The molecule has 0 radical (unpaired) electrons. The van der Waals surface area contributed by atoms with Crippen molar-refractivity contribution in [1.82, 2.24) is 9.88 Å². The first-order chi connectivity index (χ1) is 11.2. The van der Waals surface area contributed by atoms with Gasteiger partial charge in [-0.15, -0.1) is 12.3 Å². The lowest BCUT2D eigenvalue weighted by molar-refractivity contribution is -0.0425. The van der Waals surface area contributed by atoms with Gasteiger partial charge >= 0.3 is 0 Å². The second-order valence-corrected chi connectivity index (χ2v) is 6.99. The summed E-state index contributed by atoms with van der Waals surface area (Å²) in [6, 6.07) is 8.36. The normalized spacial score (nSPS) is 31.0. The summed E-state index contributed by atoms with van der Waals surface area (Å²) < 4.78 is 0. The van der Waals surface area contributed by atoms with Crippen LogP contribution in [0.3, 0.4) is 0 Å². The molecule has 3 saturated heterocycles. The maximum absolute atomic E-state index is 11.1. The van der Waals surface area contributed by atoms with Crippen molar-refractivity contribution in [2.24, 2.45) is 11.8 Å². The van der Waals surface area contributed by atoms with E-state index < -0.39 is 6.10 Å². The second kappa shape index (κ2) is 5.63. The second-order valence-electron chi connectivity index (χ2n) is 6.99. The van der Waals surface area contributed by atoms with Gasteiger partial charge in [0.1, 0.15) is 0 Å². The van der Waals surface area contributed by atoms with E-state index in [0.717, 1.165) is 42.4 Å². The van der Waals surface area contributed by atoms with Crippen LogP contribution in [0.4, 0.5) is 0 Å². The van der Waals surface area contributed by atoms with Crippen LogP contribution in [-0.4, -0.2) is 34.1 Å². The van der Waals surface area contributed by atoms with Gasteiger partial charge in [-0.3, -0.25) is 9.88 Å². The number of pyridine rings is 1. The molecule has 0 saturated carbocycles. The van der Waals surface area contributed by atoms with Crippen LogP contribution in [0.2, 0.25) is 0 Å². The summed E-state index contributed by atoms with van der Waals surface area (Å²) >= 11 is 0. The standard InChI is InChI=1S/C20H22N2O/c1-3-14-12-22-9-7-15(14)11-19(22)20(23)16-6-8-21-18-5-4-13(2)10-17(16)18/h1,4-6,8,10,14-15,19-20,23H,7,9,11-12H2,2H3. The summed E-state index contributed by atoms with van der Waals surface area (Å²) in [5.41, 5.74) is 3.13. The molecular formula is C20H22N2O. The highest BCUT2D eigenvalue weighted by Crippen LogP contribution is 2.41. The average Bonchev–Trinajstić information content (AvgIpc) is 2.60. The Bertz CT molecular complexity index is 779. The maximum Gasteiger partial charge on any atom is 0.0952 e. The Hall–Kier alpha value is -1.89. The zero-order valence-corrected chi connectivity index (χ0v) is 13.4. The third-order valence-electron chi connectivity index (χ3n) is 5.63. The number of piperidine rings is 3. The van der Waals surface area contributed by atoms with Crippen LogP contribution in [0.1, 0.15) is 30.1 Å². The lowest BCUT2D eigenvalue weighted by Gasteiger charge is -2.50. The molecule has 3 aliphatic rings. The molecule has 0 spiro atoms. The van der Waals surface area contributed by atoms with Crippen molar-refractivity contribution in [1.29, 1.82) is 0 Å².